The number of carbonyl (C=O) groups is 2. The first-order valence-electron chi connectivity index (χ1n) is 9.25. The molecule has 0 atom stereocenters. The van der Waals surface area contributed by atoms with E-state index >= 15 is 0 Å². The molecule has 0 saturated carbocycles. The van der Waals surface area contributed by atoms with Crippen LogP contribution in [0.3, 0.4) is 0 Å². The number of nitrogens with zero attached hydrogens (tertiary/aromatic N) is 3. The number of aliphatic carboxylic acids is 1. The lowest BCUT2D eigenvalue weighted by atomic mass is 10.2. The van der Waals surface area contributed by atoms with Crippen molar-refractivity contribution in [3.05, 3.63) is 60.4 Å². The molecule has 8 heteroatoms. The Bertz CT molecular complexity index is 968. The van der Waals surface area contributed by atoms with Gasteiger partial charge in [-0.2, -0.15) is 0 Å². The second-order valence-electron chi connectivity index (χ2n) is 6.34. The second kappa shape index (κ2) is 9.50. The molecule has 1 aromatic heterocycles. The summed E-state index contributed by atoms with van der Waals surface area (Å²) in [7, 11) is 1.60. The number of nitrogens with one attached hydrogen (secondary N) is 1. The van der Waals surface area contributed by atoms with Crippen molar-refractivity contribution in [1.82, 2.24) is 20.1 Å². The monoisotopic (exact) mass is 394 g/mol. The van der Waals surface area contributed by atoms with E-state index in [0.29, 0.717) is 25.2 Å². The average molecular weight is 394 g/mol. The van der Waals surface area contributed by atoms with Crippen LogP contribution in [-0.2, 0) is 4.79 Å². The maximum atomic E-state index is 12.5. The number of amides is 1. The highest BCUT2D eigenvalue weighted by Gasteiger charge is 2.18. The van der Waals surface area contributed by atoms with E-state index in [1.165, 1.54) is 0 Å². The highest BCUT2D eigenvalue weighted by molar-refractivity contribution is 5.91. The highest BCUT2D eigenvalue weighted by Crippen LogP contribution is 2.22. The Balaban J connectivity index is 1.82. The van der Waals surface area contributed by atoms with E-state index in [2.05, 4.69) is 15.4 Å². The quantitative estimate of drug-likeness (QED) is 0.541. The van der Waals surface area contributed by atoms with Crippen LogP contribution in [0.1, 0.15) is 29.9 Å². The molecule has 2 aromatic carbocycles. The first-order valence-corrected chi connectivity index (χ1v) is 9.25. The molecule has 2 N–H and O–H groups in total. The molecule has 0 fully saturated rings. The summed E-state index contributed by atoms with van der Waals surface area (Å²) in [4.78, 5) is 27.5. The summed E-state index contributed by atoms with van der Waals surface area (Å²) in [5.74, 6) is 0.0765. The first kappa shape index (κ1) is 20.1. The lowest BCUT2D eigenvalue weighted by Crippen LogP contribution is -2.25. The first-order chi connectivity index (χ1) is 14.1. The van der Waals surface area contributed by atoms with Crippen molar-refractivity contribution in [2.75, 3.05) is 13.7 Å². The highest BCUT2D eigenvalue weighted by atomic mass is 16.5. The van der Waals surface area contributed by atoms with E-state index in [1.54, 1.807) is 11.8 Å². The Morgan fingerprint density at radius 2 is 1.79 bits per heavy atom. The van der Waals surface area contributed by atoms with Gasteiger partial charge in [0.05, 0.1) is 12.8 Å². The molecular weight excluding hydrogens is 372 g/mol. The van der Waals surface area contributed by atoms with Crippen LogP contribution in [0.2, 0.25) is 0 Å². The lowest BCUT2D eigenvalue weighted by molar-refractivity contribution is -0.137. The second-order valence-corrected chi connectivity index (χ2v) is 6.34. The smallest absolute Gasteiger partial charge is 0.303 e. The molecule has 8 nitrogen and oxygen atoms in total. The number of rotatable bonds is 9. The molecule has 0 unspecified atom stereocenters. The van der Waals surface area contributed by atoms with Crippen LogP contribution < -0.4 is 10.1 Å². The largest absolute Gasteiger partial charge is 0.497 e. The van der Waals surface area contributed by atoms with Gasteiger partial charge in [0.1, 0.15) is 5.75 Å². The third-order valence-corrected chi connectivity index (χ3v) is 4.26. The number of carboxylic acid groups (broad SMARTS) is 1. The normalized spacial score (nSPS) is 10.5. The van der Waals surface area contributed by atoms with Crippen molar-refractivity contribution < 1.29 is 19.4 Å². The minimum Gasteiger partial charge on any atom is -0.497 e. The number of unbranched alkanes of at least 4 members (excludes halogenated alkanes) is 1. The molecule has 1 amide bonds. The molecule has 0 saturated heterocycles. The van der Waals surface area contributed by atoms with Gasteiger partial charge in [0.25, 0.3) is 5.91 Å². The van der Waals surface area contributed by atoms with Crippen molar-refractivity contribution in [2.24, 2.45) is 0 Å². The van der Waals surface area contributed by atoms with Crippen molar-refractivity contribution in [1.29, 1.82) is 0 Å². The summed E-state index contributed by atoms with van der Waals surface area (Å²) < 4.78 is 6.82. The minimum absolute atomic E-state index is 0.0536. The van der Waals surface area contributed by atoms with Crippen LogP contribution >= 0.6 is 0 Å². The van der Waals surface area contributed by atoms with Crippen LogP contribution in [0.5, 0.6) is 5.75 Å². The predicted molar refractivity (Wildman–Crippen MR) is 107 cm³/mol. The molecule has 29 heavy (non-hydrogen) atoms. The zero-order valence-corrected chi connectivity index (χ0v) is 16.0. The topological polar surface area (TPSA) is 106 Å². The summed E-state index contributed by atoms with van der Waals surface area (Å²) in [5.41, 5.74) is 1.58. The van der Waals surface area contributed by atoms with Gasteiger partial charge in [-0.05, 0) is 37.1 Å². The van der Waals surface area contributed by atoms with Gasteiger partial charge in [-0.25, -0.2) is 9.67 Å². The zero-order chi connectivity index (χ0) is 20.6. The van der Waals surface area contributed by atoms with Crippen LogP contribution in [0.25, 0.3) is 17.1 Å². The summed E-state index contributed by atoms with van der Waals surface area (Å²) in [6.07, 6.45) is 1.15. The van der Waals surface area contributed by atoms with E-state index in [-0.39, 0.29) is 12.2 Å². The fraction of sp³-hybridized carbons (Fsp3) is 0.238. The van der Waals surface area contributed by atoms with Crippen molar-refractivity contribution in [3.8, 4) is 22.8 Å². The van der Waals surface area contributed by atoms with Crippen molar-refractivity contribution in [3.63, 3.8) is 0 Å². The third-order valence-electron chi connectivity index (χ3n) is 4.26. The summed E-state index contributed by atoms with van der Waals surface area (Å²) in [5, 5.41) is 15.8. The van der Waals surface area contributed by atoms with Crippen LogP contribution in [0, 0.1) is 0 Å². The fourth-order valence-corrected chi connectivity index (χ4v) is 2.77. The molecule has 0 spiro atoms. The Morgan fingerprint density at radius 3 is 2.45 bits per heavy atom. The van der Waals surface area contributed by atoms with Gasteiger partial charge < -0.3 is 15.2 Å². The van der Waals surface area contributed by atoms with Gasteiger partial charge in [0.15, 0.2) is 5.82 Å². The van der Waals surface area contributed by atoms with Crippen molar-refractivity contribution >= 4 is 11.9 Å². The number of ether oxygens (including phenoxy) is 1. The van der Waals surface area contributed by atoms with Crippen LogP contribution in [0.4, 0.5) is 0 Å². The molecule has 3 aromatic rings. The van der Waals surface area contributed by atoms with Crippen LogP contribution in [-0.4, -0.2) is 45.4 Å². The maximum Gasteiger partial charge on any atom is 0.303 e. The van der Waals surface area contributed by atoms with Crippen LogP contribution in [0.15, 0.2) is 54.6 Å². The van der Waals surface area contributed by atoms with E-state index in [4.69, 9.17) is 9.84 Å². The summed E-state index contributed by atoms with van der Waals surface area (Å²) in [6.45, 7) is 0.365. The fourth-order valence-electron chi connectivity index (χ4n) is 2.77. The average Bonchev–Trinajstić information content (AvgIpc) is 3.19. The third kappa shape index (κ3) is 5.19. The SMILES string of the molecule is COc1ccc(-n2nc(C(=O)NCCCCC(=O)O)nc2-c2ccccc2)cc1. The molecule has 150 valence electrons. The number of aromatic nitrogens is 3. The number of benzene rings is 2. The van der Waals surface area contributed by atoms with Crippen molar-refractivity contribution in [2.45, 2.75) is 19.3 Å². The van der Waals surface area contributed by atoms with Gasteiger partial charge in [-0.15, -0.1) is 5.10 Å². The minimum atomic E-state index is -0.844. The Morgan fingerprint density at radius 1 is 1.07 bits per heavy atom. The molecule has 0 aliphatic heterocycles. The zero-order valence-electron chi connectivity index (χ0n) is 16.0. The Hall–Kier alpha value is -3.68. The summed E-state index contributed by atoms with van der Waals surface area (Å²) >= 11 is 0. The molecule has 0 aliphatic carbocycles. The molecule has 3 rings (SSSR count). The molecule has 0 bridgehead atoms. The lowest BCUT2D eigenvalue weighted by Gasteiger charge is -2.07. The summed E-state index contributed by atoms with van der Waals surface area (Å²) in [6, 6.07) is 16.8. The van der Waals surface area contributed by atoms with E-state index < -0.39 is 11.9 Å². The Kier molecular flexibility index (Phi) is 6.57. The molecule has 0 radical (unpaired) electrons. The molecular formula is C21H22N4O4. The number of carbonyl (C=O) groups excluding carboxylic acids is 1. The van der Waals surface area contributed by atoms with E-state index in [0.717, 1.165) is 17.0 Å². The Labute approximate surface area is 168 Å². The van der Waals surface area contributed by atoms with Gasteiger partial charge in [0.2, 0.25) is 5.82 Å². The molecule has 1 heterocycles. The van der Waals surface area contributed by atoms with Gasteiger partial charge in [0, 0.05) is 18.5 Å². The number of methoxy groups -OCH3 is 1. The number of hydrogen-bond acceptors (Lipinski definition) is 5. The van der Waals surface area contributed by atoms with Gasteiger partial charge in [-0.1, -0.05) is 30.3 Å². The van der Waals surface area contributed by atoms with Gasteiger partial charge in [-0.3, -0.25) is 9.59 Å². The van der Waals surface area contributed by atoms with E-state index in [1.807, 2.05) is 54.6 Å². The molecule has 0 aliphatic rings. The van der Waals surface area contributed by atoms with Gasteiger partial charge >= 0.3 is 5.97 Å². The standard InChI is InChI=1S/C21H22N4O4/c1-29-17-12-10-16(11-13-17)25-20(15-7-3-2-4-8-15)23-19(24-25)21(28)22-14-6-5-9-18(26)27/h2-4,7-8,10-13H,5-6,9,14H2,1H3,(H,22,28)(H,26,27). The predicted octanol–water partition coefficient (Wildman–Crippen LogP) is 2.93. The number of hydrogen-bond donors (Lipinski definition) is 2. The van der Waals surface area contributed by atoms with E-state index in [9.17, 15) is 9.59 Å². The maximum absolute atomic E-state index is 12.5. The number of carboxylic acids is 1.